The molecular weight excluding hydrogens is 164 g/mol. The molecule has 0 aliphatic carbocycles. The lowest BCUT2D eigenvalue weighted by Gasteiger charge is -2.00. The second-order valence-electron chi connectivity index (χ2n) is 2.11. The van der Waals surface area contributed by atoms with Gasteiger partial charge in [0, 0.05) is 0 Å². The van der Waals surface area contributed by atoms with Gasteiger partial charge >= 0.3 is 0 Å². The molecule has 0 spiro atoms. The summed E-state index contributed by atoms with van der Waals surface area (Å²) in [7, 11) is 0. The van der Waals surface area contributed by atoms with Crippen LogP contribution in [0.1, 0.15) is 18.2 Å². The standard InChI is InChI=1S/C7H7ClN2O/c8-7-2-1-6(11-7)5(10)3-4-9/h1-2,5H,3,10H2. The molecular formula is C7H7ClN2O. The molecule has 3 nitrogen and oxygen atoms in total. The van der Waals surface area contributed by atoms with Crippen LogP contribution in [0.3, 0.4) is 0 Å². The highest BCUT2D eigenvalue weighted by atomic mass is 35.5. The van der Waals surface area contributed by atoms with E-state index in [9.17, 15) is 0 Å². The van der Waals surface area contributed by atoms with Crippen molar-refractivity contribution in [3.63, 3.8) is 0 Å². The lowest BCUT2D eigenvalue weighted by atomic mass is 10.2. The molecule has 11 heavy (non-hydrogen) atoms. The van der Waals surface area contributed by atoms with Crippen molar-refractivity contribution in [1.29, 1.82) is 5.26 Å². The molecule has 0 aliphatic rings. The van der Waals surface area contributed by atoms with Crippen molar-refractivity contribution in [2.24, 2.45) is 5.73 Å². The minimum Gasteiger partial charge on any atom is -0.448 e. The van der Waals surface area contributed by atoms with Gasteiger partial charge in [0.2, 0.25) is 0 Å². The van der Waals surface area contributed by atoms with Gasteiger partial charge in [0.05, 0.1) is 18.5 Å². The highest BCUT2D eigenvalue weighted by Crippen LogP contribution is 2.19. The lowest BCUT2D eigenvalue weighted by molar-refractivity contribution is 0.470. The Morgan fingerprint density at radius 1 is 1.73 bits per heavy atom. The molecule has 1 aromatic heterocycles. The molecule has 0 aromatic carbocycles. The van der Waals surface area contributed by atoms with Gasteiger partial charge in [0.25, 0.3) is 0 Å². The van der Waals surface area contributed by atoms with Crippen molar-refractivity contribution >= 4 is 11.6 Å². The Hall–Kier alpha value is -0.980. The predicted octanol–water partition coefficient (Wildman–Crippen LogP) is 1.85. The Balaban J connectivity index is 2.70. The second kappa shape index (κ2) is 3.42. The van der Waals surface area contributed by atoms with Gasteiger partial charge in [-0.05, 0) is 23.7 Å². The van der Waals surface area contributed by atoms with E-state index in [-0.39, 0.29) is 12.5 Å². The Labute approximate surface area is 69.4 Å². The second-order valence-corrected chi connectivity index (χ2v) is 2.48. The van der Waals surface area contributed by atoms with Crippen molar-refractivity contribution in [3.8, 4) is 6.07 Å². The molecule has 4 heteroatoms. The number of hydrogen-bond acceptors (Lipinski definition) is 3. The molecule has 0 fully saturated rings. The van der Waals surface area contributed by atoms with Gasteiger partial charge in [-0.15, -0.1) is 0 Å². The monoisotopic (exact) mass is 170 g/mol. The molecule has 1 heterocycles. The van der Waals surface area contributed by atoms with Crippen LogP contribution in [0, 0.1) is 11.3 Å². The summed E-state index contributed by atoms with van der Waals surface area (Å²) in [5.74, 6) is 0.552. The molecule has 1 rings (SSSR count). The van der Waals surface area contributed by atoms with E-state index in [1.165, 1.54) is 0 Å². The van der Waals surface area contributed by atoms with Crippen LogP contribution in [-0.2, 0) is 0 Å². The molecule has 1 atom stereocenters. The highest BCUT2D eigenvalue weighted by Gasteiger charge is 2.08. The number of rotatable bonds is 2. The van der Waals surface area contributed by atoms with Crippen molar-refractivity contribution in [1.82, 2.24) is 0 Å². The van der Waals surface area contributed by atoms with Crippen LogP contribution in [0.5, 0.6) is 0 Å². The summed E-state index contributed by atoms with van der Waals surface area (Å²) in [5.41, 5.74) is 5.54. The quantitative estimate of drug-likeness (QED) is 0.737. The van der Waals surface area contributed by atoms with Gasteiger partial charge in [-0.2, -0.15) is 5.26 Å². The third kappa shape index (κ3) is 1.97. The number of nitriles is 1. The van der Waals surface area contributed by atoms with Crippen LogP contribution in [-0.4, -0.2) is 0 Å². The van der Waals surface area contributed by atoms with Gasteiger partial charge in [-0.25, -0.2) is 0 Å². The van der Waals surface area contributed by atoms with E-state index in [1.54, 1.807) is 12.1 Å². The molecule has 0 radical (unpaired) electrons. The first-order chi connectivity index (χ1) is 5.24. The molecule has 0 saturated carbocycles. The molecule has 0 saturated heterocycles. The molecule has 0 aliphatic heterocycles. The van der Waals surface area contributed by atoms with E-state index in [4.69, 9.17) is 27.0 Å². The first-order valence-electron chi connectivity index (χ1n) is 3.12. The van der Waals surface area contributed by atoms with Crippen molar-refractivity contribution < 1.29 is 4.42 Å². The van der Waals surface area contributed by atoms with Crippen LogP contribution < -0.4 is 5.73 Å². The first-order valence-corrected chi connectivity index (χ1v) is 3.49. The maximum absolute atomic E-state index is 8.30. The molecule has 1 unspecified atom stereocenters. The zero-order chi connectivity index (χ0) is 8.27. The summed E-state index contributed by atoms with van der Waals surface area (Å²) in [6.07, 6.45) is 0.240. The summed E-state index contributed by atoms with van der Waals surface area (Å²) in [5, 5.41) is 8.60. The van der Waals surface area contributed by atoms with Crippen molar-refractivity contribution in [2.45, 2.75) is 12.5 Å². The fourth-order valence-electron chi connectivity index (χ4n) is 0.727. The van der Waals surface area contributed by atoms with Crippen LogP contribution in [0.4, 0.5) is 0 Å². The van der Waals surface area contributed by atoms with Gasteiger partial charge < -0.3 is 10.2 Å². The zero-order valence-electron chi connectivity index (χ0n) is 5.75. The Kier molecular flexibility index (Phi) is 2.53. The maximum atomic E-state index is 8.30. The maximum Gasteiger partial charge on any atom is 0.193 e. The largest absolute Gasteiger partial charge is 0.448 e. The molecule has 0 bridgehead atoms. The van der Waals surface area contributed by atoms with E-state index >= 15 is 0 Å². The van der Waals surface area contributed by atoms with Crippen LogP contribution in [0.2, 0.25) is 5.22 Å². The van der Waals surface area contributed by atoms with Gasteiger partial charge in [0.15, 0.2) is 5.22 Å². The van der Waals surface area contributed by atoms with E-state index in [0.717, 1.165) is 0 Å². The third-order valence-electron chi connectivity index (χ3n) is 1.27. The van der Waals surface area contributed by atoms with Gasteiger partial charge in [-0.1, -0.05) is 0 Å². The average Bonchev–Trinajstić information content (AvgIpc) is 2.36. The van der Waals surface area contributed by atoms with Crippen LogP contribution >= 0.6 is 11.6 Å². The molecule has 1 aromatic rings. The fraction of sp³-hybridized carbons (Fsp3) is 0.286. The van der Waals surface area contributed by atoms with E-state index in [1.807, 2.05) is 6.07 Å². The Morgan fingerprint density at radius 3 is 2.91 bits per heavy atom. The predicted molar refractivity (Wildman–Crippen MR) is 40.9 cm³/mol. The van der Waals surface area contributed by atoms with Gasteiger partial charge in [-0.3, -0.25) is 0 Å². The molecule has 0 amide bonds. The van der Waals surface area contributed by atoms with Gasteiger partial charge in [0.1, 0.15) is 5.76 Å². The summed E-state index contributed by atoms with van der Waals surface area (Å²) < 4.78 is 4.99. The number of halogens is 1. The summed E-state index contributed by atoms with van der Waals surface area (Å²) in [6, 6.07) is 4.86. The number of nitrogens with zero attached hydrogens (tertiary/aromatic N) is 1. The summed E-state index contributed by atoms with van der Waals surface area (Å²) in [4.78, 5) is 0. The smallest absolute Gasteiger partial charge is 0.193 e. The Bertz CT molecular complexity index is 276. The fourth-order valence-corrected chi connectivity index (χ4v) is 0.879. The zero-order valence-corrected chi connectivity index (χ0v) is 6.51. The SMILES string of the molecule is N#CCC(N)c1ccc(Cl)o1. The number of furan rings is 1. The van der Waals surface area contributed by atoms with E-state index in [2.05, 4.69) is 0 Å². The normalized spacial score (nSPS) is 12.5. The molecule has 58 valence electrons. The van der Waals surface area contributed by atoms with Crippen molar-refractivity contribution in [2.75, 3.05) is 0 Å². The number of nitrogens with two attached hydrogens (primary N) is 1. The third-order valence-corrected chi connectivity index (χ3v) is 1.47. The summed E-state index contributed by atoms with van der Waals surface area (Å²) in [6.45, 7) is 0. The Morgan fingerprint density at radius 2 is 2.45 bits per heavy atom. The highest BCUT2D eigenvalue weighted by molar-refractivity contribution is 6.28. The van der Waals surface area contributed by atoms with Crippen molar-refractivity contribution in [3.05, 3.63) is 23.1 Å². The topological polar surface area (TPSA) is 63.0 Å². The minimum atomic E-state index is -0.368. The van der Waals surface area contributed by atoms with Crippen LogP contribution in [0.25, 0.3) is 0 Å². The number of hydrogen-bond donors (Lipinski definition) is 1. The van der Waals surface area contributed by atoms with Crippen LogP contribution in [0.15, 0.2) is 16.5 Å². The lowest BCUT2D eigenvalue weighted by Crippen LogP contribution is -2.07. The van der Waals surface area contributed by atoms with E-state index in [0.29, 0.717) is 11.0 Å². The molecule has 2 N–H and O–H groups in total. The average molecular weight is 171 g/mol. The minimum absolute atomic E-state index is 0.240. The summed E-state index contributed by atoms with van der Waals surface area (Å²) >= 11 is 5.50. The first kappa shape index (κ1) is 8.12. The van der Waals surface area contributed by atoms with E-state index < -0.39 is 0 Å².